The predicted octanol–water partition coefficient (Wildman–Crippen LogP) is 3.86. The predicted molar refractivity (Wildman–Crippen MR) is 80.4 cm³/mol. The molecule has 0 heterocycles. The van der Waals surface area contributed by atoms with Gasteiger partial charge in [0, 0.05) is 4.90 Å². The molecule has 0 aromatic heterocycles. The van der Waals surface area contributed by atoms with Gasteiger partial charge >= 0.3 is 7.60 Å². The standard InChI is InChI=1S/C14H21O4PS/c1-4-17-19(15,18-5-2)14(10-11-14)20(16)13-8-6-12(3)7-9-13/h6-9H,4-5,10-11H2,1-3H3. The van der Waals surface area contributed by atoms with E-state index in [1.54, 1.807) is 13.8 Å². The maximum absolute atomic E-state index is 12.9. The van der Waals surface area contributed by atoms with Crippen LogP contribution in [0.15, 0.2) is 29.2 Å². The zero-order chi connectivity index (χ0) is 14.8. The molecule has 6 heteroatoms. The van der Waals surface area contributed by atoms with Crippen molar-refractivity contribution in [3.63, 3.8) is 0 Å². The topological polar surface area (TPSA) is 52.6 Å². The van der Waals surface area contributed by atoms with Crippen LogP contribution in [0, 0.1) is 6.92 Å². The van der Waals surface area contributed by atoms with Gasteiger partial charge in [0.05, 0.1) is 24.0 Å². The van der Waals surface area contributed by atoms with Gasteiger partial charge in [-0.1, -0.05) is 17.7 Å². The van der Waals surface area contributed by atoms with Gasteiger partial charge in [-0.15, -0.1) is 0 Å². The molecule has 112 valence electrons. The van der Waals surface area contributed by atoms with Crippen molar-refractivity contribution in [2.75, 3.05) is 13.2 Å². The van der Waals surface area contributed by atoms with Gasteiger partial charge in [0.2, 0.25) is 0 Å². The molecule has 1 fully saturated rings. The summed E-state index contributed by atoms with van der Waals surface area (Å²) in [5.41, 5.74) is 1.10. The Morgan fingerprint density at radius 1 is 1.15 bits per heavy atom. The molecule has 1 aliphatic rings. The quantitative estimate of drug-likeness (QED) is 0.717. The molecule has 1 saturated carbocycles. The van der Waals surface area contributed by atoms with Crippen molar-refractivity contribution < 1.29 is 17.8 Å². The second-order valence-corrected chi connectivity index (χ2v) is 9.32. The molecule has 0 aliphatic heterocycles. The van der Waals surface area contributed by atoms with Crippen molar-refractivity contribution in [3.8, 4) is 0 Å². The van der Waals surface area contributed by atoms with E-state index in [9.17, 15) is 8.77 Å². The summed E-state index contributed by atoms with van der Waals surface area (Å²) in [6, 6.07) is 7.48. The molecule has 0 amide bonds. The lowest BCUT2D eigenvalue weighted by molar-refractivity contribution is 0.216. The van der Waals surface area contributed by atoms with Gasteiger partial charge in [0.25, 0.3) is 0 Å². The van der Waals surface area contributed by atoms with Crippen molar-refractivity contribution in [3.05, 3.63) is 29.8 Å². The lowest BCUT2D eigenvalue weighted by Crippen LogP contribution is -2.21. The summed E-state index contributed by atoms with van der Waals surface area (Å²) in [4.78, 5) is 0.688. The highest BCUT2D eigenvalue weighted by atomic mass is 32.2. The molecule has 20 heavy (non-hydrogen) atoms. The molecular weight excluding hydrogens is 295 g/mol. The van der Waals surface area contributed by atoms with Crippen LogP contribution in [0.3, 0.4) is 0 Å². The summed E-state index contributed by atoms with van der Waals surface area (Å²) < 4.78 is 35.7. The normalized spacial score (nSPS) is 18.8. The largest absolute Gasteiger partial charge is 0.349 e. The van der Waals surface area contributed by atoms with Gasteiger partial charge in [0.1, 0.15) is 0 Å². The fourth-order valence-electron chi connectivity index (χ4n) is 2.16. The van der Waals surface area contributed by atoms with Gasteiger partial charge in [0.15, 0.2) is 4.49 Å². The second-order valence-electron chi connectivity index (χ2n) is 4.86. The van der Waals surface area contributed by atoms with E-state index < -0.39 is 22.9 Å². The summed E-state index contributed by atoms with van der Waals surface area (Å²) >= 11 is 0. The molecule has 1 aromatic rings. The second kappa shape index (κ2) is 6.10. The first-order valence-corrected chi connectivity index (χ1v) is 9.56. The number of hydrogen-bond donors (Lipinski definition) is 0. The van der Waals surface area contributed by atoms with Crippen molar-refractivity contribution in [1.29, 1.82) is 0 Å². The smallest absolute Gasteiger partial charge is 0.308 e. The summed E-state index contributed by atoms with van der Waals surface area (Å²) in [5, 5.41) is 0. The van der Waals surface area contributed by atoms with Crippen LogP contribution in [0.4, 0.5) is 0 Å². The Hall–Kier alpha value is -0.480. The molecule has 1 aromatic carbocycles. The minimum atomic E-state index is -3.34. The molecule has 0 radical (unpaired) electrons. The summed E-state index contributed by atoms with van der Waals surface area (Å²) in [7, 11) is -4.72. The lowest BCUT2D eigenvalue weighted by Gasteiger charge is -2.25. The first-order valence-electron chi connectivity index (χ1n) is 6.87. The van der Waals surface area contributed by atoms with Crippen molar-refractivity contribution in [2.24, 2.45) is 0 Å². The molecule has 1 atom stereocenters. The highest BCUT2D eigenvalue weighted by Crippen LogP contribution is 2.73. The van der Waals surface area contributed by atoms with E-state index >= 15 is 0 Å². The van der Waals surface area contributed by atoms with Crippen LogP contribution >= 0.6 is 7.60 Å². The first kappa shape index (κ1) is 15.9. The van der Waals surface area contributed by atoms with Gasteiger partial charge in [-0.3, -0.25) is 8.77 Å². The fourth-order valence-corrected chi connectivity index (χ4v) is 6.79. The highest BCUT2D eigenvalue weighted by molar-refractivity contribution is 7.95. The molecule has 4 nitrogen and oxygen atoms in total. The molecule has 1 aliphatic carbocycles. The minimum Gasteiger partial charge on any atom is -0.308 e. The molecule has 0 saturated heterocycles. The van der Waals surface area contributed by atoms with Crippen molar-refractivity contribution in [2.45, 2.75) is 43.0 Å². The highest BCUT2D eigenvalue weighted by Gasteiger charge is 2.65. The minimum absolute atomic E-state index is 0.296. The maximum atomic E-state index is 12.9. The third-order valence-corrected chi connectivity index (χ3v) is 8.96. The molecule has 2 rings (SSSR count). The lowest BCUT2D eigenvalue weighted by atomic mass is 10.2. The van der Waals surface area contributed by atoms with Crippen molar-refractivity contribution in [1.82, 2.24) is 0 Å². The van der Waals surface area contributed by atoms with E-state index in [2.05, 4.69) is 0 Å². The summed E-state index contributed by atoms with van der Waals surface area (Å²) in [5.74, 6) is 0. The zero-order valence-electron chi connectivity index (χ0n) is 12.1. The monoisotopic (exact) mass is 316 g/mol. The third kappa shape index (κ3) is 2.77. The number of aryl methyl sites for hydroxylation is 1. The Morgan fingerprint density at radius 2 is 1.65 bits per heavy atom. The van der Waals surface area contributed by atoms with Gasteiger partial charge < -0.3 is 9.05 Å². The van der Waals surface area contributed by atoms with E-state index in [0.717, 1.165) is 5.56 Å². The van der Waals surface area contributed by atoms with Crippen LogP contribution in [-0.2, 0) is 24.4 Å². The Bertz CT molecular complexity index is 527. The number of hydrogen-bond acceptors (Lipinski definition) is 4. The van der Waals surface area contributed by atoms with E-state index in [-0.39, 0.29) is 0 Å². The third-order valence-electron chi connectivity index (χ3n) is 3.36. The van der Waals surface area contributed by atoms with Crippen LogP contribution in [-0.4, -0.2) is 21.9 Å². The average molecular weight is 316 g/mol. The number of benzene rings is 1. The molecule has 0 N–H and O–H groups in total. The Labute approximate surface area is 122 Å². The van der Waals surface area contributed by atoms with Crippen molar-refractivity contribution >= 4 is 18.4 Å². The van der Waals surface area contributed by atoms with Crippen LogP contribution in [0.25, 0.3) is 0 Å². The Balaban J connectivity index is 2.31. The molecule has 0 spiro atoms. The van der Waals surface area contributed by atoms with Crippen LogP contribution in [0.2, 0.25) is 0 Å². The zero-order valence-corrected chi connectivity index (χ0v) is 13.8. The summed E-state index contributed by atoms with van der Waals surface area (Å²) in [6.07, 6.45) is 1.23. The molecular formula is C14H21O4PS. The number of rotatable bonds is 7. The van der Waals surface area contributed by atoms with Gasteiger partial charge in [-0.2, -0.15) is 0 Å². The summed E-state index contributed by atoms with van der Waals surface area (Å²) in [6.45, 7) is 6.12. The molecule has 1 unspecified atom stereocenters. The van der Waals surface area contributed by atoms with E-state index in [0.29, 0.717) is 31.0 Å². The van der Waals surface area contributed by atoms with E-state index in [4.69, 9.17) is 9.05 Å². The fraction of sp³-hybridized carbons (Fsp3) is 0.571. The Kier molecular flexibility index (Phi) is 4.85. The molecule has 0 bridgehead atoms. The van der Waals surface area contributed by atoms with E-state index in [1.807, 2.05) is 31.2 Å². The van der Waals surface area contributed by atoms with Crippen LogP contribution in [0.5, 0.6) is 0 Å². The first-order chi connectivity index (χ1) is 9.49. The van der Waals surface area contributed by atoms with Crippen LogP contribution in [0.1, 0.15) is 32.3 Å². The van der Waals surface area contributed by atoms with Gasteiger partial charge in [-0.25, -0.2) is 0 Å². The SMILES string of the molecule is CCOP(=O)(OCC)C1(S(=O)c2ccc(C)cc2)CC1. The Morgan fingerprint density at radius 3 is 2.05 bits per heavy atom. The maximum Gasteiger partial charge on any atom is 0.349 e. The van der Waals surface area contributed by atoms with Crippen LogP contribution < -0.4 is 0 Å². The van der Waals surface area contributed by atoms with Gasteiger partial charge in [-0.05, 0) is 45.7 Å². The average Bonchev–Trinajstić information content (AvgIpc) is 3.21. The van der Waals surface area contributed by atoms with E-state index in [1.165, 1.54) is 0 Å².